The molecule has 1 aliphatic heterocycles. The summed E-state index contributed by atoms with van der Waals surface area (Å²) in [7, 11) is 0. The first-order valence-electron chi connectivity index (χ1n) is 11.3. The van der Waals surface area contributed by atoms with Crippen molar-refractivity contribution in [3.8, 4) is 0 Å². The van der Waals surface area contributed by atoms with E-state index < -0.39 is 11.4 Å². The van der Waals surface area contributed by atoms with Crippen molar-refractivity contribution in [2.75, 3.05) is 5.32 Å². The van der Waals surface area contributed by atoms with Crippen molar-refractivity contribution < 1.29 is 14.7 Å². The maximum Gasteiger partial charge on any atom is 0.210 e. The van der Waals surface area contributed by atoms with Crippen molar-refractivity contribution in [1.29, 1.82) is 0 Å². The van der Waals surface area contributed by atoms with Crippen molar-refractivity contribution in [3.63, 3.8) is 0 Å². The van der Waals surface area contributed by atoms with E-state index in [0.717, 1.165) is 37.8 Å². The number of carboxylic acids is 1. The van der Waals surface area contributed by atoms with Gasteiger partial charge in [-0.1, -0.05) is 44.2 Å². The number of ketones is 1. The molecule has 0 spiro atoms. The van der Waals surface area contributed by atoms with Crippen LogP contribution in [-0.4, -0.2) is 11.8 Å². The second-order valence-corrected chi connectivity index (χ2v) is 10.3. The zero-order valence-electron chi connectivity index (χ0n) is 17.8. The van der Waals surface area contributed by atoms with E-state index in [-0.39, 0.29) is 23.0 Å². The average Bonchev–Trinajstić information content (AvgIpc) is 3.05. The van der Waals surface area contributed by atoms with Gasteiger partial charge in [-0.15, -0.1) is 0 Å². The molecule has 1 aromatic carbocycles. The number of carboxylic acid groups (broad SMARTS) is 1. The van der Waals surface area contributed by atoms with Gasteiger partial charge in [0, 0.05) is 22.6 Å². The number of fused-ring (bicyclic) bond motifs is 4. The van der Waals surface area contributed by atoms with Crippen molar-refractivity contribution in [3.05, 3.63) is 53.8 Å². The first kappa shape index (κ1) is 19.6. The van der Waals surface area contributed by atoms with E-state index in [1.807, 2.05) is 37.3 Å². The Hall–Kier alpha value is -2.36. The predicted molar refractivity (Wildman–Crippen MR) is 115 cm³/mol. The van der Waals surface area contributed by atoms with Gasteiger partial charge in [-0.3, -0.25) is 4.79 Å². The summed E-state index contributed by atoms with van der Waals surface area (Å²) in [6, 6.07) is 7.49. The number of aliphatic carboxylic acids is 1. The molecule has 1 aromatic rings. The largest absolute Gasteiger partial charge is 0.550 e. The number of nitrogens with one attached hydrogen (secondary N) is 1. The first-order valence-corrected chi connectivity index (χ1v) is 11.3. The molecule has 1 heterocycles. The Morgan fingerprint density at radius 2 is 1.97 bits per heavy atom. The van der Waals surface area contributed by atoms with E-state index in [0.29, 0.717) is 29.5 Å². The normalized spacial score (nSPS) is 41.0. The Labute approximate surface area is 178 Å². The molecule has 2 fully saturated rings. The van der Waals surface area contributed by atoms with Crippen LogP contribution in [0.15, 0.2) is 48.2 Å². The second-order valence-electron chi connectivity index (χ2n) is 10.3. The fourth-order valence-electron chi connectivity index (χ4n) is 7.07. The molecule has 1 N–H and O–H groups in total. The van der Waals surface area contributed by atoms with Crippen LogP contribution in [0, 0.1) is 34.5 Å². The van der Waals surface area contributed by atoms with Gasteiger partial charge in [-0.25, -0.2) is 0 Å². The van der Waals surface area contributed by atoms with Gasteiger partial charge in [0.15, 0.2) is 0 Å². The highest BCUT2D eigenvalue weighted by Crippen LogP contribution is 2.62. The van der Waals surface area contributed by atoms with Gasteiger partial charge >= 0.3 is 0 Å². The number of Topliss-reactive ketones (excluding diaryl/α,β-unsaturated/α-hetero) is 1. The molecule has 0 aromatic heterocycles. The molecule has 0 radical (unpaired) electrons. The molecule has 5 rings (SSSR count). The highest BCUT2D eigenvalue weighted by atomic mass is 16.4. The average molecular weight is 405 g/mol. The van der Waals surface area contributed by atoms with Crippen molar-refractivity contribution in [2.24, 2.45) is 34.5 Å². The number of carbonyl (C=O) groups excluding carboxylic acids is 2. The predicted octanol–water partition coefficient (Wildman–Crippen LogP) is 4.34. The summed E-state index contributed by atoms with van der Waals surface area (Å²) in [6.45, 7) is 4.25. The van der Waals surface area contributed by atoms with Crippen LogP contribution < -0.4 is 10.4 Å². The summed E-state index contributed by atoms with van der Waals surface area (Å²) < 4.78 is 0. The van der Waals surface area contributed by atoms with Gasteiger partial charge < -0.3 is 15.2 Å². The van der Waals surface area contributed by atoms with E-state index in [1.165, 1.54) is 0 Å². The minimum absolute atomic E-state index is 0.0334. The summed E-state index contributed by atoms with van der Waals surface area (Å²) in [4.78, 5) is 25.3. The summed E-state index contributed by atoms with van der Waals surface area (Å²) in [5.41, 5.74) is 1.28. The highest BCUT2D eigenvalue weighted by molar-refractivity contribution is 6.18. The maximum atomic E-state index is 13.0. The lowest BCUT2D eigenvalue weighted by atomic mass is 9.45. The second kappa shape index (κ2) is 6.83. The van der Waals surface area contributed by atoms with Gasteiger partial charge in [0.1, 0.15) is 0 Å². The standard InChI is InChI=1S/C26H31NO3/c1-25-13-6-5-7-16(25)10-11-17-19(25)12-14-26(2,24(29)30)20(17)15-22-23(28)18-8-3-4-9-21(18)27-22/h3-6,8-9,15-17,19-20,27H,7,10-14H2,1-2H3,(H,29,30)/p-1/b22-15+/t16-,17+,19-,20+,25+,26+/m1/s1. The van der Waals surface area contributed by atoms with Crippen LogP contribution in [0.25, 0.3) is 0 Å². The van der Waals surface area contributed by atoms with Crippen LogP contribution in [0.2, 0.25) is 0 Å². The van der Waals surface area contributed by atoms with Gasteiger partial charge in [0.05, 0.1) is 5.70 Å². The smallest absolute Gasteiger partial charge is 0.210 e. The highest BCUT2D eigenvalue weighted by Gasteiger charge is 2.56. The summed E-state index contributed by atoms with van der Waals surface area (Å²) >= 11 is 0. The molecular formula is C26H30NO3-. The topological polar surface area (TPSA) is 69.2 Å². The SMILES string of the molecule is C[C@]12CC=CC[C@@H]1CC[C@H]1[C@H]2CC[C@](C)(C(=O)[O-])[C@H]1/C=C1/Nc2ccccc2C1=O. The molecule has 4 aliphatic rings. The molecule has 0 saturated heterocycles. The third kappa shape index (κ3) is 2.72. The molecule has 6 atom stereocenters. The lowest BCUT2D eigenvalue weighted by Gasteiger charge is -2.60. The number of rotatable bonds is 2. The monoisotopic (exact) mass is 404 g/mol. The van der Waals surface area contributed by atoms with Crippen molar-refractivity contribution >= 4 is 17.4 Å². The van der Waals surface area contributed by atoms with Crippen molar-refractivity contribution in [1.82, 2.24) is 0 Å². The number of benzene rings is 1. The fraction of sp³-hybridized carbons (Fsp3) is 0.538. The number of anilines is 1. The third-order valence-electron chi connectivity index (χ3n) is 8.96. The lowest BCUT2D eigenvalue weighted by molar-refractivity contribution is -0.324. The maximum absolute atomic E-state index is 13.0. The summed E-state index contributed by atoms with van der Waals surface area (Å²) in [5.74, 6) is 0.204. The Kier molecular flexibility index (Phi) is 4.46. The summed E-state index contributed by atoms with van der Waals surface area (Å²) in [6.07, 6.45) is 12.5. The zero-order valence-corrected chi connectivity index (χ0v) is 17.8. The quantitative estimate of drug-likeness (QED) is 0.588. The molecule has 30 heavy (non-hydrogen) atoms. The van der Waals surface area contributed by atoms with E-state index >= 15 is 0 Å². The van der Waals surface area contributed by atoms with Gasteiger partial charge in [-0.2, -0.15) is 0 Å². The fourth-order valence-corrected chi connectivity index (χ4v) is 7.07. The molecule has 0 amide bonds. The summed E-state index contributed by atoms with van der Waals surface area (Å²) in [5, 5.41) is 15.6. The Bertz CT molecular complexity index is 963. The minimum atomic E-state index is -0.985. The zero-order chi connectivity index (χ0) is 21.1. The van der Waals surface area contributed by atoms with Crippen LogP contribution >= 0.6 is 0 Å². The minimum Gasteiger partial charge on any atom is -0.550 e. The number of carbonyl (C=O) groups is 2. The molecule has 0 unspecified atom stereocenters. The third-order valence-corrected chi connectivity index (χ3v) is 8.96. The van der Waals surface area contributed by atoms with E-state index in [1.54, 1.807) is 0 Å². The number of hydrogen-bond donors (Lipinski definition) is 1. The van der Waals surface area contributed by atoms with Crippen LogP contribution in [0.3, 0.4) is 0 Å². The molecule has 0 bridgehead atoms. The van der Waals surface area contributed by atoms with E-state index in [4.69, 9.17) is 0 Å². The molecular weight excluding hydrogens is 374 g/mol. The first-order chi connectivity index (χ1) is 14.3. The van der Waals surface area contributed by atoms with Crippen LogP contribution in [0.5, 0.6) is 0 Å². The Morgan fingerprint density at radius 3 is 2.73 bits per heavy atom. The molecule has 2 saturated carbocycles. The number of para-hydroxylation sites is 1. The van der Waals surface area contributed by atoms with Crippen molar-refractivity contribution in [2.45, 2.75) is 52.4 Å². The number of hydrogen-bond acceptors (Lipinski definition) is 4. The van der Waals surface area contributed by atoms with Crippen LogP contribution in [0.4, 0.5) is 5.69 Å². The molecule has 3 aliphatic carbocycles. The van der Waals surface area contributed by atoms with Gasteiger partial charge in [0.2, 0.25) is 5.78 Å². The van der Waals surface area contributed by atoms with E-state index in [9.17, 15) is 14.7 Å². The number of allylic oxidation sites excluding steroid dienone is 4. The Balaban J connectivity index is 1.55. The Morgan fingerprint density at radius 1 is 1.17 bits per heavy atom. The van der Waals surface area contributed by atoms with E-state index in [2.05, 4.69) is 24.4 Å². The van der Waals surface area contributed by atoms with Crippen LogP contribution in [-0.2, 0) is 4.79 Å². The molecule has 4 heteroatoms. The molecule has 158 valence electrons. The van der Waals surface area contributed by atoms with Gasteiger partial charge in [0.25, 0.3) is 0 Å². The van der Waals surface area contributed by atoms with Gasteiger partial charge in [-0.05, 0) is 79.7 Å². The van der Waals surface area contributed by atoms with Crippen LogP contribution in [0.1, 0.15) is 62.7 Å². The lowest BCUT2D eigenvalue weighted by Crippen LogP contribution is -2.56. The molecule has 4 nitrogen and oxygen atoms in total.